The molecule has 1 rings (SSSR count). The standard InChI is InChI=1S/C11H15BrN4O.ClH/c1-3-14-15-7-13-11(17)16-10-8(2)5-4-6-9(10)12;/h4-7,14H,3H2,1-2H3,(H2,13,15,16,17);1H. The molecule has 100 valence electrons. The van der Waals surface area contributed by atoms with E-state index in [0.717, 1.165) is 15.7 Å². The second-order valence-corrected chi connectivity index (χ2v) is 4.15. The fourth-order valence-electron chi connectivity index (χ4n) is 1.17. The first-order valence-electron chi connectivity index (χ1n) is 5.22. The van der Waals surface area contributed by atoms with Gasteiger partial charge in [-0.15, -0.1) is 12.4 Å². The molecule has 0 saturated carbocycles. The van der Waals surface area contributed by atoms with E-state index in [0.29, 0.717) is 6.54 Å². The maximum absolute atomic E-state index is 11.5. The second-order valence-electron chi connectivity index (χ2n) is 3.30. The van der Waals surface area contributed by atoms with Crippen molar-refractivity contribution < 1.29 is 4.79 Å². The van der Waals surface area contributed by atoms with E-state index in [9.17, 15) is 4.79 Å². The van der Waals surface area contributed by atoms with Gasteiger partial charge in [-0.05, 0) is 41.4 Å². The molecule has 1 aromatic carbocycles. The highest BCUT2D eigenvalue weighted by Crippen LogP contribution is 2.25. The SMILES string of the molecule is CCNN=CNC(=O)Nc1c(C)cccc1Br.Cl. The molecule has 0 unspecified atom stereocenters. The monoisotopic (exact) mass is 334 g/mol. The summed E-state index contributed by atoms with van der Waals surface area (Å²) in [5.41, 5.74) is 4.44. The van der Waals surface area contributed by atoms with Crippen molar-refractivity contribution >= 4 is 46.4 Å². The minimum absolute atomic E-state index is 0. The number of halogens is 2. The van der Waals surface area contributed by atoms with Crippen LogP contribution < -0.4 is 16.1 Å². The van der Waals surface area contributed by atoms with E-state index < -0.39 is 0 Å². The molecular formula is C11H16BrClN4O. The van der Waals surface area contributed by atoms with E-state index in [-0.39, 0.29) is 18.4 Å². The molecule has 0 spiro atoms. The molecule has 0 atom stereocenters. The van der Waals surface area contributed by atoms with Crippen LogP contribution in [0.4, 0.5) is 10.5 Å². The number of nitrogens with one attached hydrogen (secondary N) is 3. The summed E-state index contributed by atoms with van der Waals surface area (Å²) in [7, 11) is 0. The zero-order chi connectivity index (χ0) is 12.7. The molecule has 5 nitrogen and oxygen atoms in total. The number of para-hydroxylation sites is 1. The van der Waals surface area contributed by atoms with Gasteiger partial charge in [-0.1, -0.05) is 12.1 Å². The van der Waals surface area contributed by atoms with Crippen LogP contribution >= 0.6 is 28.3 Å². The molecule has 0 heterocycles. The predicted molar refractivity (Wildman–Crippen MR) is 80.5 cm³/mol. The number of carbonyl (C=O) groups is 1. The normalized spacial score (nSPS) is 9.72. The Morgan fingerprint density at radius 2 is 2.22 bits per heavy atom. The number of hydrazone groups is 1. The molecule has 0 bridgehead atoms. The first kappa shape index (κ1) is 16.7. The van der Waals surface area contributed by atoms with Crippen LogP contribution in [0.5, 0.6) is 0 Å². The summed E-state index contributed by atoms with van der Waals surface area (Å²) in [5, 5.41) is 8.99. The number of aryl methyl sites for hydroxylation is 1. The van der Waals surface area contributed by atoms with Crippen molar-refractivity contribution in [2.45, 2.75) is 13.8 Å². The average molecular weight is 336 g/mol. The molecule has 7 heteroatoms. The van der Waals surface area contributed by atoms with Crippen molar-refractivity contribution in [2.24, 2.45) is 5.10 Å². The van der Waals surface area contributed by atoms with Crippen LogP contribution in [0.15, 0.2) is 27.8 Å². The fourth-order valence-corrected chi connectivity index (χ4v) is 1.73. The average Bonchev–Trinajstić information content (AvgIpc) is 2.30. The molecule has 0 aromatic heterocycles. The number of carbonyl (C=O) groups excluding carboxylic acids is 1. The van der Waals surface area contributed by atoms with Gasteiger partial charge in [0.25, 0.3) is 0 Å². The Kier molecular flexibility index (Phi) is 8.15. The molecular weight excluding hydrogens is 320 g/mol. The summed E-state index contributed by atoms with van der Waals surface area (Å²) in [6, 6.07) is 5.37. The van der Waals surface area contributed by atoms with Crippen molar-refractivity contribution in [3.8, 4) is 0 Å². The molecule has 0 aliphatic rings. The minimum Gasteiger partial charge on any atom is -0.309 e. The topological polar surface area (TPSA) is 65.5 Å². The van der Waals surface area contributed by atoms with Gasteiger partial charge in [0.15, 0.2) is 0 Å². The third kappa shape index (κ3) is 5.37. The van der Waals surface area contributed by atoms with Gasteiger partial charge in [0.2, 0.25) is 0 Å². The third-order valence-electron chi connectivity index (χ3n) is 1.97. The van der Waals surface area contributed by atoms with E-state index >= 15 is 0 Å². The number of anilines is 1. The zero-order valence-corrected chi connectivity index (χ0v) is 12.6. The number of hydrogen-bond donors (Lipinski definition) is 3. The van der Waals surface area contributed by atoms with E-state index in [1.54, 1.807) is 0 Å². The summed E-state index contributed by atoms with van der Waals surface area (Å²) in [4.78, 5) is 11.5. The second kappa shape index (κ2) is 8.77. The van der Waals surface area contributed by atoms with Gasteiger partial charge in [0.1, 0.15) is 6.34 Å². The maximum atomic E-state index is 11.5. The van der Waals surface area contributed by atoms with Gasteiger partial charge in [-0.3, -0.25) is 5.32 Å². The summed E-state index contributed by atoms with van der Waals surface area (Å²) >= 11 is 3.38. The summed E-state index contributed by atoms with van der Waals surface area (Å²) in [6.07, 6.45) is 1.31. The highest BCUT2D eigenvalue weighted by atomic mass is 79.9. The van der Waals surface area contributed by atoms with Crippen LogP contribution in [0, 0.1) is 6.92 Å². The largest absolute Gasteiger partial charge is 0.324 e. The predicted octanol–water partition coefficient (Wildman–Crippen LogP) is 2.85. The smallest absolute Gasteiger partial charge is 0.309 e. The highest BCUT2D eigenvalue weighted by Gasteiger charge is 2.06. The van der Waals surface area contributed by atoms with Crippen molar-refractivity contribution in [2.75, 3.05) is 11.9 Å². The summed E-state index contributed by atoms with van der Waals surface area (Å²) in [5.74, 6) is 0. The van der Waals surface area contributed by atoms with Crippen LogP contribution in [0.2, 0.25) is 0 Å². The molecule has 2 amide bonds. The molecule has 0 fully saturated rings. The number of urea groups is 1. The molecule has 0 aliphatic heterocycles. The number of nitrogens with zero attached hydrogens (tertiary/aromatic N) is 1. The molecule has 0 aliphatic carbocycles. The van der Waals surface area contributed by atoms with Crippen molar-refractivity contribution in [1.82, 2.24) is 10.7 Å². The van der Waals surface area contributed by atoms with Crippen molar-refractivity contribution in [3.63, 3.8) is 0 Å². The number of benzene rings is 1. The Bertz CT molecular complexity index is 405. The van der Waals surface area contributed by atoms with Crippen LogP contribution in [-0.4, -0.2) is 18.9 Å². The quantitative estimate of drug-likeness (QED) is 0.450. The number of amides is 2. The van der Waals surface area contributed by atoms with Crippen LogP contribution in [-0.2, 0) is 0 Å². The van der Waals surface area contributed by atoms with E-state index in [4.69, 9.17) is 0 Å². The molecule has 18 heavy (non-hydrogen) atoms. The van der Waals surface area contributed by atoms with Crippen LogP contribution in [0.3, 0.4) is 0 Å². The van der Waals surface area contributed by atoms with Crippen molar-refractivity contribution in [1.29, 1.82) is 0 Å². The Balaban J connectivity index is 0.00000289. The maximum Gasteiger partial charge on any atom is 0.324 e. The van der Waals surface area contributed by atoms with Gasteiger partial charge in [0, 0.05) is 11.0 Å². The number of rotatable bonds is 4. The Labute approximate surface area is 121 Å². The number of hydrogen-bond acceptors (Lipinski definition) is 3. The molecule has 1 aromatic rings. The van der Waals surface area contributed by atoms with Crippen LogP contribution in [0.25, 0.3) is 0 Å². The lowest BCUT2D eigenvalue weighted by Crippen LogP contribution is -2.28. The van der Waals surface area contributed by atoms with Crippen LogP contribution in [0.1, 0.15) is 12.5 Å². The van der Waals surface area contributed by atoms with Gasteiger partial charge in [0.05, 0.1) is 5.69 Å². The van der Waals surface area contributed by atoms with Crippen molar-refractivity contribution in [3.05, 3.63) is 28.2 Å². The van der Waals surface area contributed by atoms with E-state index in [1.807, 2.05) is 32.0 Å². The lowest BCUT2D eigenvalue weighted by atomic mass is 10.2. The summed E-state index contributed by atoms with van der Waals surface area (Å²) in [6.45, 7) is 4.55. The van der Waals surface area contributed by atoms with Gasteiger partial charge < -0.3 is 10.7 Å². The summed E-state index contributed by atoms with van der Waals surface area (Å²) < 4.78 is 0.844. The highest BCUT2D eigenvalue weighted by molar-refractivity contribution is 9.10. The Morgan fingerprint density at radius 1 is 1.50 bits per heavy atom. The Morgan fingerprint density at radius 3 is 2.83 bits per heavy atom. The minimum atomic E-state index is -0.332. The lowest BCUT2D eigenvalue weighted by Gasteiger charge is -2.09. The van der Waals surface area contributed by atoms with Gasteiger partial charge in [-0.25, -0.2) is 4.79 Å². The zero-order valence-electron chi connectivity index (χ0n) is 10.2. The third-order valence-corrected chi connectivity index (χ3v) is 2.63. The van der Waals surface area contributed by atoms with E-state index in [2.05, 4.69) is 37.1 Å². The Hall–Kier alpha value is -1.27. The fraction of sp³-hybridized carbons (Fsp3) is 0.273. The van der Waals surface area contributed by atoms with Gasteiger partial charge >= 0.3 is 6.03 Å². The lowest BCUT2D eigenvalue weighted by molar-refractivity contribution is 0.256. The first-order valence-corrected chi connectivity index (χ1v) is 6.01. The first-order chi connectivity index (χ1) is 8.15. The molecule has 0 saturated heterocycles. The molecule has 0 radical (unpaired) electrons. The van der Waals surface area contributed by atoms with E-state index in [1.165, 1.54) is 6.34 Å². The molecule has 3 N–H and O–H groups in total. The van der Waals surface area contributed by atoms with Gasteiger partial charge in [-0.2, -0.15) is 5.10 Å².